The first kappa shape index (κ1) is 17.9. The van der Waals surface area contributed by atoms with Crippen LogP contribution in [0.1, 0.15) is 44.6 Å². The Balaban J connectivity index is 1.71. The van der Waals surface area contributed by atoms with Gasteiger partial charge in [0, 0.05) is 36.0 Å². The first-order chi connectivity index (χ1) is 13.9. The Labute approximate surface area is 170 Å². The lowest BCUT2D eigenvalue weighted by molar-refractivity contribution is -0.200. The molecule has 6 aliphatic rings. The minimum absolute atomic E-state index is 0.00700. The number of fused-ring (bicyclic) bond motifs is 3. The lowest BCUT2D eigenvalue weighted by Crippen LogP contribution is -2.81. The van der Waals surface area contributed by atoms with Gasteiger partial charge >= 0.3 is 5.97 Å². The SMILES string of the molecule is COC(=O)[C@@H]1C[C@]23CC[C@@]14N(C(C)=O)c1ccccc1[C@@]41CCN(CC[C@H]2O)[C@@H]31. The highest BCUT2D eigenvalue weighted by atomic mass is 16.5. The van der Waals surface area contributed by atoms with E-state index in [4.69, 9.17) is 4.74 Å². The third-order valence-corrected chi connectivity index (χ3v) is 9.25. The first-order valence-electron chi connectivity index (χ1n) is 10.8. The number of anilines is 1. The van der Waals surface area contributed by atoms with E-state index in [-0.39, 0.29) is 28.7 Å². The van der Waals surface area contributed by atoms with E-state index in [9.17, 15) is 14.7 Å². The highest BCUT2D eigenvalue weighted by Gasteiger charge is 2.82. The topological polar surface area (TPSA) is 70.1 Å². The van der Waals surface area contributed by atoms with E-state index in [0.717, 1.165) is 44.5 Å². The van der Waals surface area contributed by atoms with E-state index < -0.39 is 17.6 Å². The van der Waals surface area contributed by atoms with E-state index >= 15 is 0 Å². The van der Waals surface area contributed by atoms with Gasteiger partial charge in [-0.3, -0.25) is 14.5 Å². The largest absolute Gasteiger partial charge is 0.469 e. The molecule has 0 unspecified atom stereocenters. The molecule has 5 fully saturated rings. The predicted molar refractivity (Wildman–Crippen MR) is 106 cm³/mol. The maximum Gasteiger partial charge on any atom is 0.311 e. The van der Waals surface area contributed by atoms with Crippen LogP contribution in [0, 0.1) is 11.3 Å². The smallest absolute Gasteiger partial charge is 0.311 e. The fourth-order valence-corrected chi connectivity index (χ4v) is 8.65. The van der Waals surface area contributed by atoms with Gasteiger partial charge in [-0.2, -0.15) is 0 Å². The number of carbonyl (C=O) groups is 2. The number of hydrogen-bond donors (Lipinski definition) is 1. The van der Waals surface area contributed by atoms with Crippen LogP contribution < -0.4 is 4.90 Å². The minimum atomic E-state index is -0.603. The molecule has 3 aliphatic heterocycles. The molecular weight excluding hydrogens is 368 g/mol. The molecule has 6 nitrogen and oxygen atoms in total. The van der Waals surface area contributed by atoms with Crippen LogP contribution in [0.25, 0.3) is 0 Å². The van der Waals surface area contributed by atoms with E-state index in [0.29, 0.717) is 6.42 Å². The van der Waals surface area contributed by atoms with Crippen LogP contribution in [0.5, 0.6) is 0 Å². The molecule has 1 amide bonds. The number of carbonyl (C=O) groups excluding carboxylic acids is 2. The maximum atomic E-state index is 13.2. The monoisotopic (exact) mass is 396 g/mol. The lowest BCUT2D eigenvalue weighted by atomic mass is 9.38. The third kappa shape index (κ3) is 1.67. The summed E-state index contributed by atoms with van der Waals surface area (Å²) in [6.07, 6.45) is 3.45. The van der Waals surface area contributed by atoms with Crippen LogP contribution in [0.3, 0.4) is 0 Å². The van der Waals surface area contributed by atoms with Crippen molar-refractivity contribution in [3.8, 4) is 0 Å². The van der Waals surface area contributed by atoms with Gasteiger partial charge in [-0.05, 0) is 50.3 Å². The molecule has 2 saturated heterocycles. The summed E-state index contributed by atoms with van der Waals surface area (Å²) < 4.78 is 5.31. The predicted octanol–water partition coefficient (Wildman–Crippen LogP) is 1.84. The zero-order chi connectivity index (χ0) is 20.2. The molecule has 29 heavy (non-hydrogen) atoms. The summed E-state index contributed by atoms with van der Waals surface area (Å²) in [7, 11) is 1.45. The summed E-state index contributed by atoms with van der Waals surface area (Å²) in [4.78, 5) is 30.8. The van der Waals surface area contributed by atoms with E-state index in [2.05, 4.69) is 17.0 Å². The molecule has 1 aromatic carbocycles. The quantitative estimate of drug-likeness (QED) is 0.734. The maximum absolute atomic E-state index is 13.2. The molecule has 7 rings (SSSR count). The van der Waals surface area contributed by atoms with Gasteiger partial charge < -0.3 is 14.7 Å². The van der Waals surface area contributed by atoms with E-state index in [1.54, 1.807) is 6.92 Å². The van der Waals surface area contributed by atoms with E-state index in [1.807, 2.05) is 17.0 Å². The summed E-state index contributed by atoms with van der Waals surface area (Å²) in [5.41, 5.74) is 0.901. The number of para-hydroxylation sites is 1. The molecule has 3 saturated carbocycles. The van der Waals surface area contributed by atoms with Gasteiger partial charge in [-0.1, -0.05) is 18.2 Å². The Kier molecular flexibility index (Phi) is 3.34. The number of rotatable bonds is 1. The van der Waals surface area contributed by atoms with Crippen molar-refractivity contribution in [2.24, 2.45) is 11.3 Å². The molecule has 6 heteroatoms. The molecule has 1 aromatic rings. The van der Waals surface area contributed by atoms with Crippen LogP contribution >= 0.6 is 0 Å². The number of methoxy groups -OCH3 is 1. The van der Waals surface area contributed by atoms with Crippen molar-refractivity contribution in [1.82, 2.24) is 4.90 Å². The normalized spacial score (nSPS) is 44.2. The second-order valence-corrected chi connectivity index (χ2v) is 9.77. The van der Waals surface area contributed by atoms with Gasteiger partial charge in [-0.15, -0.1) is 0 Å². The van der Waals surface area contributed by atoms with Crippen LogP contribution in [0.4, 0.5) is 5.69 Å². The average molecular weight is 396 g/mol. The van der Waals surface area contributed by atoms with Gasteiger partial charge in [0.05, 0.1) is 24.7 Å². The molecule has 1 N–H and O–H groups in total. The van der Waals surface area contributed by atoms with Gasteiger partial charge in [0.25, 0.3) is 0 Å². The van der Waals surface area contributed by atoms with Gasteiger partial charge in [-0.25, -0.2) is 0 Å². The Morgan fingerprint density at radius 2 is 1.97 bits per heavy atom. The zero-order valence-corrected chi connectivity index (χ0v) is 17.1. The number of benzene rings is 1. The number of aliphatic hydroxyl groups is 1. The Hall–Kier alpha value is -1.92. The van der Waals surface area contributed by atoms with E-state index in [1.165, 1.54) is 12.7 Å². The standard InChI is InChI=1S/C23H28N2O4/c1-14(26)25-17-6-4-3-5-15(17)22-10-12-24-11-7-18(27)21(20(22)24)8-9-23(22,25)16(13-21)19(28)29-2/h3-6,16,18,20,27H,7-13H2,1-2H3/t16-,18+,20-,21+,22+,23+/m0/s1. The molecule has 3 aliphatic carbocycles. The fraction of sp³-hybridized carbons (Fsp3) is 0.652. The fourth-order valence-electron chi connectivity index (χ4n) is 8.65. The molecule has 2 bridgehead atoms. The van der Waals surface area contributed by atoms with Crippen LogP contribution in [-0.2, 0) is 19.7 Å². The number of nitrogens with zero attached hydrogens (tertiary/aromatic N) is 2. The molecule has 3 spiro atoms. The number of esters is 1. The number of amides is 1. The van der Waals surface area contributed by atoms with Gasteiger partial charge in [0.1, 0.15) is 0 Å². The van der Waals surface area contributed by atoms with Crippen LogP contribution in [0.2, 0.25) is 0 Å². The highest BCUT2D eigenvalue weighted by molar-refractivity contribution is 5.99. The summed E-state index contributed by atoms with van der Waals surface area (Å²) in [6.45, 7) is 3.46. The van der Waals surface area contributed by atoms with Crippen LogP contribution in [-0.4, -0.2) is 59.8 Å². The second kappa shape index (κ2) is 5.41. The number of aliphatic hydroxyl groups excluding tert-OH is 1. The van der Waals surface area contributed by atoms with Crippen molar-refractivity contribution >= 4 is 17.6 Å². The Morgan fingerprint density at radius 3 is 2.72 bits per heavy atom. The minimum Gasteiger partial charge on any atom is -0.469 e. The zero-order valence-electron chi connectivity index (χ0n) is 17.1. The average Bonchev–Trinajstić information content (AvgIpc) is 3.25. The van der Waals surface area contributed by atoms with Gasteiger partial charge in [0.15, 0.2) is 0 Å². The number of ether oxygens (including phenoxy) is 1. The van der Waals surface area contributed by atoms with Crippen molar-refractivity contribution < 1.29 is 19.4 Å². The summed E-state index contributed by atoms with van der Waals surface area (Å²) in [6, 6.07) is 8.40. The van der Waals surface area contributed by atoms with Gasteiger partial charge in [0.2, 0.25) is 5.91 Å². The summed E-state index contributed by atoms with van der Waals surface area (Å²) in [5, 5.41) is 11.3. The molecule has 0 aromatic heterocycles. The van der Waals surface area contributed by atoms with Crippen molar-refractivity contribution in [2.45, 2.75) is 62.1 Å². The number of piperidine rings is 1. The summed E-state index contributed by atoms with van der Waals surface area (Å²) in [5.74, 6) is -0.661. The van der Waals surface area contributed by atoms with Crippen molar-refractivity contribution in [1.29, 1.82) is 0 Å². The number of hydrogen-bond acceptors (Lipinski definition) is 5. The molecule has 154 valence electrons. The Bertz CT molecular complexity index is 933. The van der Waals surface area contributed by atoms with Crippen molar-refractivity contribution in [3.63, 3.8) is 0 Å². The molecule has 6 atom stereocenters. The third-order valence-electron chi connectivity index (χ3n) is 9.25. The second-order valence-electron chi connectivity index (χ2n) is 9.77. The van der Waals surface area contributed by atoms with Crippen LogP contribution in [0.15, 0.2) is 24.3 Å². The lowest BCUT2D eigenvalue weighted by Gasteiger charge is -2.71. The summed E-state index contributed by atoms with van der Waals surface area (Å²) >= 11 is 0. The van der Waals surface area contributed by atoms with Crippen molar-refractivity contribution in [2.75, 3.05) is 25.1 Å². The molecular formula is C23H28N2O4. The molecule has 3 heterocycles. The first-order valence-corrected chi connectivity index (χ1v) is 10.8. The molecule has 0 radical (unpaired) electrons. The Morgan fingerprint density at radius 1 is 1.17 bits per heavy atom. The highest BCUT2D eigenvalue weighted by Crippen LogP contribution is 2.75. The van der Waals surface area contributed by atoms with Crippen molar-refractivity contribution in [3.05, 3.63) is 29.8 Å².